The number of ether oxygens (including phenoxy) is 2. The molecule has 2 aliphatic heterocycles. The minimum Gasteiger partial charge on any atom is -0.487 e. The maximum atomic E-state index is 14.1. The van der Waals surface area contributed by atoms with Gasteiger partial charge in [-0.05, 0) is 110 Å². The molecule has 0 unspecified atom stereocenters. The van der Waals surface area contributed by atoms with Crippen LogP contribution in [0.2, 0.25) is 5.02 Å². The van der Waals surface area contributed by atoms with Gasteiger partial charge < -0.3 is 24.4 Å². The number of sulfonamides is 1. The number of nitrogens with zero attached hydrogens (tertiary/aromatic N) is 2. The summed E-state index contributed by atoms with van der Waals surface area (Å²) in [5, 5.41) is 13.0. The maximum absolute atomic E-state index is 14.1. The van der Waals surface area contributed by atoms with Crippen LogP contribution in [0.15, 0.2) is 71.6 Å². The van der Waals surface area contributed by atoms with Crippen LogP contribution in [-0.4, -0.2) is 70.1 Å². The molecular formula is C39H44ClF2N3O7S. The van der Waals surface area contributed by atoms with Crippen LogP contribution in [0.3, 0.4) is 0 Å². The van der Waals surface area contributed by atoms with Gasteiger partial charge in [-0.3, -0.25) is 9.59 Å². The lowest BCUT2D eigenvalue weighted by molar-refractivity contribution is -0.148. The normalized spacial score (nSPS) is 24.8. The molecule has 2 heterocycles. The molecule has 0 radical (unpaired) electrons. The van der Waals surface area contributed by atoms with E-state index < -0.39 is 50.4 Å². The van der Waals surface area contributed by atoms with Gasteiger partial charge >= 0.3 is 0 Å². The number of rotatable bonds is 4. The quantitative estimate of drug-likeness (QED) is 0.315. The summed E-state index contributed by atoms with van der Waals surface area (Å²) in [7, 11) is -1.59. The first-order valence-corrected chi connectivity index (χ1v) is 19.6. The predicted octanol–water partition coefficient (Wildman–Crippen LogP) is 5.88. The monoisotopic (exact) mass is 771 g/mol. The van der Waals surface area contributed by atoms with Crippen molar-refractivity contribution in [3.63, 3.8) is 0 Å². The van der Waals surface area contributed by atoms with Crippen molar-refractivity contribution in [3.8, 4) is 5.75 Å². The number of carbonyl (C=O) groups excluding carboxylic acids is 2. The molecule has 10 nitrogen and oxygen atoms in total. The van der Waals surface area contributed by atoms with Crippen LogP contribution in [0.25, 0.3) is 0 Å². The lowest BCUT2D eigenvalue weighted by Gasteiger charge is -2.43. The zero-order chi connectivity index (χ0) is 37.9. The Morgan fingerprint density at radius 2 is 1.85 bits per heavy atom. The van der Waals surface area contributed by atoms with E-state index in [1.807, 2.05) is 35.1 Å². The van der Waals surface area contributed by atoms with Crippen LogP contribution in [0.4, 0.5) is 14.5 Å². The summed E-state index contributed by atoms with van der Waals surface area (Å²) in [5.41, 5.74) is -0.135. The minimum atomic E-state index is -4.82. The van der Waals surface area contributed by atoms with E-state index in [0.29, 0.717) is 48.1 Å². The number of hydrogen-bond donors (Lipinski definition) is 2. The van der Waals surface area contributed by atoms with E-state index in [2.05, 4.69) is 4.90 Å². The second kappa shape index (κ2) is 16.1. The topological polar surface area (TPSA) is 125 Å². The molecule has 2 amide bonds. The number of anilines is 1. The molecule has 284 valence electrons. The van der Waals surface area contributed by atoms with Crippen molar-refractivity contribution < 1.29 is 41.4 Å². The molecule has 4 atom stereocenters. The largest absolute Gasteiger partial charge is 0.487 e. The van der Waals surface area contributed by atoms with Gasteiger partial charge in [-0.1, -0.05) is 35.9 Å². The third-order valence-electron chi connectivity index (χ3n) is 10.7. The summed E-state index contributed by atoms with van der Waals surface area (Å²) in [5.74, 6) is -3.81. The van der Waals surface area contributed by atoms with Gasteiger partial charge in [-0.2, -0.15) is 0 Å². The highest BCUT2D eigenvalue weighted by Gasteiger charge is 2.44. The van der Waals surface area contributed by atoms with Crippen molar-refractivity contribution in [1.82, 2.24) is 9.62 Å². The van der Waals surface area contributed by atoms with E-state index in [0.717, 1.165) is 49.3 Å². The van der Waals surface area contributed by atoms with Crippen molar-refractivity contribution in [3.05, 3.63) is 100 Å². The highest BCUT2D eigenvalue weighted by Crippen LogP contribution is 2.43. The standard InChI is InChI=1S/C39H44ClF2N3O7S/c1-44-17-5-4-8-35(51-2)31-14-10-26(31)23-45-18-6-3-7-25-19-29(40)12-9-27(25)24-52-36-16-11-28(20-34(36)45)39(48,22-37(44)46)38(47)43-53(49,50)30-13-15-32(41)33(42)21-30/h4,8-9,11-13,15-16,19-21,26,31,35,48H,3,5-7,10,14,17-18,22-24H2,1-2H3,(H,43,47)/b8-4+/t26-,31+,35-,39+/m0/s1. The highest BCUT2D eigenvalue weighted by molar-refractivity contribution is 7.90. The Labute approximate surface area is 313 Å². The van der Waals surface area contributed by atoms with Gasteiger partial charge in [-0.15, -0.1) is 0 Å². The Balaban J connectivity index is 1.45. The molecule has 0 spiro atoms. The van der Waals surface area contributed by atoms with E-state index in [9.17, 15) is 31.9 Å². The molecule has 3 aliphatic rings. The maximum Gasteiger partial charge on any atom is 0.270 e. The van der Waals surface area contributed by atoms with Gasteiger partial charge in [0.25, 0.3) is 15.9 Å². The van der Waals surface area contributed by atoms with Crippen LogP contribution in [-0.2, 0) is 43.0 Å². The lowest BCUT2D eigenvalue weighted by Crippen LogP contribution is -2.49. The van der Waals surface area contributed by atoms with Crippen LogP contribution < -0.4 is 14.4 Å². The second-order valence-electron chi connectivity index (χ2n) is 14.1. The summed E-state index contributed by atoms with van der Waals surface area (Å²) in [6.45, 7) is 1.69. The van der Waals surface area contributed by atoms with E-state index in [1.54, 1.807) is 19.2 Å². The summed E-state index contributed by atoms with van der Waals surface area (Å²) in [6.07, 6.45) is 7.92. The number of methoxy groups -OCH3 is 1. The van der Waals surface area contributed by atoms with Crippen LogP contribution in [0, 0.1) is 23.5 Å². The molecule has 0 saturated heterocycles. The van der Waals surface area contributed by atoms with Crippen molar-refractivity contribution >= 4 is 39.1 Å². The molecule has 2 bridgehead atoms. The fourth-order valence-corrected chi connectivity index (χ4v) is 8.56. The summed E-state index contributed by atoms with van der Waals surface area (Å²) >= 11 is 6.35. The van der Waals surface area contributed by atoms with Crippen molar-refractivity contribution in [1.29, 1.82) is 0 Å². The van der Waals surface area contributed by atoms with Crippen molar-refractivity contribution in [2.45, 2.75) is 68.2 Å². The third-order valence-corrected chi connectivity index (χ3v) is 12.2. The first-order chi connectivity index (χ1) is 25.3. The Hall–Kier alpha value is -4.04. The number of carbonyl (C=O) groups is 2. The number of hydrogen-bond acceptors (Lipinski definition) is 8. The van der Waals surface area contributed by atoms with Crippen molar-refractivity contribution in [2.75, 3.05) is 38.7 Å². The number of fused-ring (bicyclic) bond motifs is 3. The molecule has 1 aliphatic carbocycles. The lowest BCUT2D eigenvalue weighted by atomic mass is 9.70. The van der Waals surface area contributed by atoms with Crippen LogP contribution >= 0.6 is 11.6 Å². The zero-order valence-electron chi connectivity index (χ0n) is 29.7. The van der Waals surface area contributed by atoms with Gasteiger partial charge in [0.05, 0.1) is 23.1 Å². The van der Waals surface area contributed by atoms with Gasteiger partial charge in [0, 0.05) is 38.8 Å². The van der Waals surface area contributed by atoms with Gasteiger partial charge in [0.2, 0.25) is 5.91 Å². The second-order valence-corrected chi connectivity index (χ2v) is 16.2. The predicted molar refractivity (Wildman–Crippen MR) is 196 cm³/mol. The van der Waals surface area contributed by atoms with E-state index in [4.69, 9.17) is 21.1 Å². The summed E-state index contributed by atoms with van der Waals surface area (Å²) < 4.78 is 68.5. The average Bonchev–Trinajstić information content (AvgIpc) is 3.14. The Bertz CT molecular complexity index is 2000. The van der Waals surface area contributed by atoms with Gasteiger partial charge in [0.15, 0.2) is 17.2 Å². The molecule has 6 rings (SSSR count). The molecule has 3 aromatic carbocycles. The number of nitrogens with one attached hydrogen (secondary N) is 1. The number of amides is 2. The molecule has 2 N–H and O–H groups in total. The highest BCUT2D eigenvalue weighted by atomic mass is 35.5. The van der Waals surface area contributed by atoms with Crippen LogP contribution in [0.5, 0.6) is 5.75 Å². The average molecular weight is 772 g/mol. The minimum absolute atomic E-state index is 0.0430. The van der Waals surface area contributed by atoms with Gasteiger partial charge in [-0.25, -0.2) is 21.9 Å². The zero-order valence-corrected chi connectivity index (χ0v) is 31.3. The van der Waals surface area contributed by atoms with Crippen LogP contribution in [0.1, 0.15) is 55.2 Å². The molecule has 1 fully saturated rings. The fraction of sp³-hybridized carbons (Fsp3) is 0.436. The van der Waals surface area contributed by atoms with Gasteiger partial charge in [0.1, 0.15) is 12.4 Å². The number of halogens is 3. The first kappa shape index (κ1) is 38.7. The molecule has 53 heavy (non-hydrogen) atoms. The number of aryl methyl sites for hydroxylation is 1. The number of benzene rings is 3. The molecule has 3 aromatic rings. The fourth-order valence-electron chi connectivity index (χ4n) is 7.33. The number of aliphatic hydroxyl groups is 1. The van der Waals surface area contributed by atoms with E-state index >= 15 is 0 Å². The first-order valence-electron chi connectivity index (χ1n) is 17.8. The van der Waals surface area contributed by atoms with E-state index in [-0.39, 0.29) is 36.7 Å². The molecule has 14 heteroatoms. The Morgan fingerprint density at radius 3 is 2.58 bits per heavy atom. The Morgan fingerprint density at radius 1 is 1.04 bits per heavy atom. The molecular weight excluding hydrogens is 728 g/mol. The molecule has 0 aromatic heterocycles. The SMILES string of the molecule is CO[C@H]1/C=C/CCN(C)C(=O)C[C@](O)(C(=O)NS(=O)(=O)c2ccc(F)c(F)c2)c2ccc3c(c2)N(CCCCc2cc(Cl)ccc2CO3)C[C@@H]2CC[C@H]21. The smallest absolute Gasteiger partial charge is 0.270 e. The third kappa shape index (κ3) is 8.53. The summed E-state index contributed by atoms with van der Waals surface area (Å²) in [4.78, 5) is 30.5. The Kier molecular flexibility index (Phi) is 11.8. The summed E-state index contributed by atoms with van der Waals surface area (Å²) in [6, 6.07) is 12.2. The van der Waals surface area contributed by atoms with Crippen molar-refractivity contribution in [2.24, 2.45) is 11.8 Å². The molecule has 1 saturated carbocycles. The van der Waals surface area contributed by atoms with E-state index in [1.165, 1.54) is 18.0 Å².